The van der Waals surface area contributed by atoms with Crippen molar-refractivity contribution >= 4 is 22.6 Å². The Kier molecular flexibility index (Phi) is 2.42. The number of ether oxygens (including phenoxy) is 1. The molecular formula is C6H7IN2O. The van der Waals surface area contributed by atoms with Crippen LogP contribution in [0.5, 0.6) is 6.01 Å². The Bertz CT molecular complexity index is 219. The van der Waals surface area contributed by atoms with Gasteiger partial charge in [-0.3, -0.25) is 0 Å². The van der Waals surface area contributed by atoms with Gasteiger partial charge in [0.05, 0.1) is 7.11 Å². The maximum absolute atomic E-state index is 4.85. The average molecular weight is 250 g/mol. The number of aryl methyl sites for hydroxylation is 1. The second-order valence-corrected chi connectivity index (χ2v) is 2.92. The Morgan fingerprint density at radius 2 is 2.20 bits per heavy atom. The van der Waals surface area contributed by atoms with Crippen molar-refractivity contribution in [1.82, 2.24) is 9.97 Å². The van der Waals surface area contributed by atoms with Crippen LogP contribution in [-0.2, 0) is 0 Å². The van der Waals surface area contributed by atoms with Gasteiger partial charge in [-0.2, -0.15) is 4.98 Å². The van der Waals surface area contributed by atoms with Gasteiger partial charge in [0.15, 0.2) is 0 Å². The summed E-state index contributed by atoms with van der Waals surface area (Å²) in [6.07, 6.45) is 0. The normalized spacial score (nSPS) is 9.50. The van der Waals surface area contributed by atoms with Crippen LogP contribution < -0.4 is 4.74 Å². The first kappa shape index (κ1) is 7.71. The molecule has 0 aliphatic carbocycles. The lowest BCUT2D eigenvalue weighted by atomic mass is 10.5. The van der Waals surface area contributed by atoms with Crippen molar-refractivity contribution < 1.29 is 4.74 Å². The first-order valence-electron chi connectivity index (χ1n) is 2.77. The number of nitrogens with zero attached hydrogens (tertiary/aromatic N) is 2. The Morgan fingerprint density at radius 3 is 2.70 bits per heavy atom. The fourth-order valence-electron chi connectivity index (χ4n) is 0.595. The second-order valence-electron chi connectivity index (χ2n) is 1.82. The molecule has 0 atom stereocenters. The molecule has 3 nitrogen and oxygen atoms in total. The van der Waals surface area contributed by atoms with E-state index in [-0.39, 0.29) is 0 Å². The van der Waals surface area contributed by atoms with Gasteiger partial charge >= 0.3 is 6.01 Å². The van der Waals surface area contributed by atoms with Crippen LogP contribution in [0.2, 0.25) is 0 Å². The van der Waals surface area contributed by atoms with Crippen LogP contribution in [-0.4, -0.2) is 17.1 Å². The third-order valence-electron chi connectivity index (χ3n) is 0.985. The number of hydrogen-bond donors (Lipinski definition) is 0. The van der Waals surface area contributed by atoms with Gasteiger partial charge in [0.25, 0.3) is 0 Å². The van der Waals surface area contributed by atoms with E-state index >= 15 is 0 Å². The molecule has 10 heavy (non-hydrogen) atoms. The quantitative estimate of drug-likeness (QED) is 0.558. The summed E-state index contributed by atoms with van der Waals surface area (Å²) in [7, 11) is 1.56. The van der Waals surface area contributed by atoms with Gasteiger partial charge in [-0.25, -0.2) is 4.98 Å². The molecule has 0 aromatic carbocycles. The highest BCUT2D eigenvalue weighted by molar-refractivity contribution is 14.1. The summed E-state index contributed by atoms with van der Waals surface area (Å²) in [5.41, 5.74) is 0.927. The van der Waals surface area contributed by atoms with Gasteiger partial charge in [-0.15, -0.1) is 0 Å². The lowest BCUT2D eigenvalue weighted by molar-refractivity contribution is 0.377. The number of rotatable bonds is 1. The highest BCUT2D eigenvalue weighted by atomic mass is 127. The molecule has 0 spiro atoms. The summed E-state index contributed by atoms with van der Waals surface area (Å²) in [6, 6.07) is 2.33. The molecule has 1 aromatic heterocycles. The minimum Gasteiger partial charge on any atom is -0.467 e. The SMILES string of the molecule is COc1nc(C)cc(I)n1. The third kappa shape index (κ3) is 1.80. The lowest BCUT2D eigenvalue weighted by Crippen LogP contribution is -1.94. The summed E-state index contributed by atoms with van der Waals surface area (Å²) in [5, 5.41) is 0. The van der Waals surface area contributed by atoms with E-state index in [1.54, 1.807) is 7.11 Å². The minimum absolute atomic E-state index is 0.435. The molecule has 0 aliphatic heterocycles. The van der Waals surface area contributed by atoms with Crippen molar-refractivity contribution in [3.8, 4) is 6.01 Å². The summed E-state index contributed by atoms with van der Waals surface area (Å²) in [6.45, 7) is 1.91. The molecule has 0 amide bonds. The molecule has 4 heteroatoms. The third-order valence-corrected chi connectivity index (χ3v) is 1.54. The zero-order valence-electron chi connectivity index (χ0n) is 5.76. The molecule has 0 fully saturated rings. The first-order chi connectivity index (χ1) is 4.72. The van der Waals surface area contributed by atoms with Crippen LogP contribution in [0.15, 0.2) is 6.07 Å². The summed E-state index contributed by atoms with van der Waals surface area (Å²) in [5.74, 6) is 0. The van der Waals surface area contributed by atoms with Crippen LogP contribution in [0, 0.1) is 10.6 Å². The molecule has 0 bridgehead atoms. The van der Waals surface area contributed by atoms with E-state index in [4.69, 9.17) is 4.74 Å². The van der Waals surface area contributed by atoms with Crippen LogP contribution in [0.4, 0.5) is 0 Å². The van der Waals surface area contributed by atoms with E-state index < -0.39 is 0 Å². The standard InChI is InChI=1S/C6H7IN2O/c1-4-3-5(7)9-6(8-4)10-2/h3H,1-2H3. The Morgan fingerprint density at radius 1 is 1.50 bits per heavy atom. The highest BCUT2D eigenvalue weighted by Crippen LogP contribution is 2.07. The molecule has 1 aromatic rings. The van der Waals surface area contributed by atoms with Crippen LogP contribution in [0.3, 0.4) is 0 Å². The van der Waals surface area contributed by atoms with Gasteiger partial charge in [-0.05, 0) is 35.6 Å². The van der Waals surface area contributed by atoms with E-state index in [9.17, 15) is 0 Å². The molecular weight excluding hydrogens is 243 g/mol. The highest BCUT2D eigenvalue weighted by Gasteiger charge is 1.96. The van der Waals surface area contributed by atoms with Crippen molar-refractivity contribution in [1.29, 1.82) is 0 Å². The molecule has 54 valence electrons. The molecule has 1 rings (SSSR count). The topological polar surface area (TPSA) is 35.0 Å². The predicted molar refractivity (Wildman–Crippen MR) is 46.0 cm³/mol. The lowest BCUT2D eigenvalue weighted by Gasteiger charge is -1.98. The number of hydrogen-bond acceptors (Lipinski definition) is 3. The van der Waals surface area contributed by atoms with Crippen molar-refractivity contribution in [2.24, 2.45) is 0 Å². The van der Waals surface area contributed by atoms with E-state index in [1.807, 2.05) is 13.0 Å². The molecule has 0 aliphatic rings. The van der Waals surface area contributed by atoms with Crippen LogP contribution in [0.25, 0.3) is 0 Å². The van der Waals surface area contributed by atoms with Crippen LogP contribution >= 0.6 is 22.6 Å². The zero-order valence-corrected chi connectivity index (χ0v) is 7.92. The maximum atomic E-state index is 4.85. The fourth-order valence-corrected chi connectivity index (χ4v) is 1.25. The second kappa shape index (κ2) is 3.14. The van der Waals surface area contributed by atoms with Crippen molar-refractivity contribution in [3.63, 3.8) is 0 Å². The van der Waals surface area contributed by atoms with E-state index in [2.05, 4.69) is 32.6 Å². The molecule has 0 N–H and O–H groups in total. The van der Waals surface area contributed by atoms with E-state index in [0.717, 1.165) is 9.39 Å². The zero-order chi connectivity index (χ0) is 7.56. The summed E-state index contributed by atoms with van der Waals surface area (Å²) < 4.78 is 5.75. The first-order valence-corrected chi connectivity index (χ1v) is 3.85. The maximum Gasteiger partial charge on any atom is 0.317 e. The monoisotopic (exact) mass is 250 g/mol. The van der Waals surface area contributed by atoms with E-state index in [1.165, 1.54) is 0 Å². The minimum atomic E-state index is 0.435. The molecule has 0 saturated carbocycles. The van der Waals surface area contributed by atoms with Crippen molar-refractivity contribution in [3.05, 3.63) is 15.5 Å². The molecule has 0 saturated heterocycles. The van der Waals surface area contributed by atoms with Gasteiger partial charge < -0.3 is 4.74 Å². The van der Waals surface area contributed by atoms with E-state index in [0.29, 0.717) is 6.01 Å². The Hall–Kier alpha value is -0.390. The largest absolute Gasteiger partial charge is 0.467 e. The Labute approximate surface area is 73.0 Å². The molecule has 1 heterocycles. The Balaban J connectivity index is 3.06. The van der Waals surface area contributed by atoms with Gasteiger partial charge in [0.1, 0.15) is 3.70 Å². The van der Waals surface area contributed by atoms with Gasteiger partial charge in [-0.1, -0.05) is 0 Å². The van der Waals surface area contributed by atoms with Crippen molar-refractivity contribution in [2.45, 2.75) is 6.92 Å². The summed E-state index contributed by atoms with van der Waals surface area (Å²) in [4.78, 5) is 8.02. The van der Waals surface area contributed by atoms with Gasteiger partial charge in [0, 0.05) is 5.69 Å². The smallest absolute Gasteiger partial charge is 0.317 e. The number of methoxy groups -OCH3 is 1. The predicted octanol–water partition coefficient (Wildman–Crippen LogP) is 1.40. The molecule has 0 radical (unpaired) electrons. The average Bonchev–Trinajstić information content (AvgIpc) is 1.85. The van der Waals surface area contributed by atoms with Gasteiger partial charge in [0.2, 0.25) is 0 Å². The van der Waals surface area contributed by atoms with Crippen molar-refractivity contribution in [2.75, 3.05) is 7.11 Å². The summed E-state index contributed by atoms with van der Waals surface area (Å²) >= 11 is 2.12. The fraction of sp³-hybridized carbons (Fsp3) is 0.333. The van der Waals surface area contributed by atoms with Crippen LogP contribution in [0.1, 0.15) is 5.69 Å². The number of halogens is 1. The number of aromatic nitrogens is 2. The molecule has 0 unspecified atom stereocenters.